The van der Waals surface area contributed by atoms with Crippen LogP contribution in [0, 0.1) is 6.92 Å². The first-order valence-corrected chi connectivity index (χ1v) is 9.44. The number of hydrogen-bond acceptors (Lipinski definition) is 5. The first-order chi connectivity index (χ1) is 14.5. The number of aliphatic hydroxyl groups is 1. The molecule has 1 N–H and O–H groups in total. The smallest absolute Gasteiger partial charge is 0.301 e. The number of aromatic nitrogens is 1. The molecule has 1 saturated heterocycles. The van der Waals surface area contributed by atoms with Gasteiger partial charge in [0, 0.05) is 11.8 Å². The van der Waals surface area contributed by atoms with Crippen molar-refractivity contribution < 1.29 is 19.4 Å². The normalized spacial score (nSPS) is 17.9. The second-order valence-electron chi connectivity index (χ2n) is 7.00. The summed E-state index contributed by atoms with van der Waals surface area (Å²) in [6.07, 6.45) is 1.56. The van der Waals surface area contributed by atoms with Crippen LogP contribution in [-0.4, -0.2) is 28.9 Å². The molecule has 0 radical (unpaired) electrons. The zero-order valence-electron chi connectivity index (χ0n) is 16.6. The van der Waals surface area contributed by atoms with E-state index in [9.17, 15) is 14.7 Å². The van der Waals surface area contributed by atoms with E-state index in [0.717, 1.165) is 5.56 Å². The molecule has 1 unspecified atom stereocenters. The van der Waals surface area contributed by atoms with E-state index in [-0.39, 0.29) is 11.3 Å². The molecule has 6 nitrogen and oxygen atoms in total. The first kappa shape index (κ1) is 19.4. The van der Waals surface area contributed by atoms with Crippen LogP contribution in [0.1, 0.15) is 22.7 Å². The predicted molar refractivity (Wildman–Crippen MR) is 113 cm³/mol. The lowest BCUT2D eigenvalue weighted by Crippen LogP contribution is -2.30. The summed E-state index contributed by atoms with van der Waals surface area (Å²) < 4.78 is 5.22. The van der Waals surface area contributed by atoms with Gasteiger partial charge in [-0.25, -0.2) is 4.98 Å². The van der Waals surface area contributed by atoms with Crippen molar-refractivity contribution in [2.45, 2.75) is 13.0 Å². The molecule has 2 aromatic carbocycles. The molecule has 1 amide bonds. The predicted octanol–water partition coefficient (Wildman–Crippen LogP) is 4.02. The molecule has 1 atom stereocenters. The Morgan fingerprint density at radius 1 is 1.03 bits per heavy atom. The standard InChI is InChI=1S/C24H20N2O4/c1-15-9-11-16(12-10-15)21-20(22(27)17-6-5-7-18(14-17)30-2)23(28)24(29)26(21)19-8-3-4-13-25-19/h3-14,21,27H,1-2H3. The number of Topliss-reactive ketones (excluding diaryl/α,β-unsaturated/α-hetero) is 1. The van der Waals surface area contributed by atoms with E-state index in [1.165, 1.54) is 12.0 Å². The molecular weight excluding hydrogens is 380 g/mol. The molecule has 1 aromatic heterocycles. The summed E-state index contributed by atoms with van der Waals surface area (Å²) in [5.74, 6) is -0.869. The number of anilines is 1. The molecule has 0 bridgehead atoms. The highest BCUT2D eigenvalue weighted by molar-refractivity contribution is 6.51. The van der Waals surface area contributed by atoms with Crippen molar-refractivity contribution in [1.29, 1.82) is 0 Å². The van der Waals surface area contributed by atoms with Crippen LogP contribution in [0.2, 0.25) is 0 Å². The molecule has 2 heterocycles. The highest BCUT2D eigenvalue weighted by Crippen LogP contribution is 2.41. The van der Waals surface area contributed by atoms with Crippen LogP contribution in [0.15, 0.2) is 78.5 Å². The number of aryl methyl sites for hydroxylation is 1. The minimum Gasteiger partial charge on any atom is -0.507 e. The molecule has 6 heteroatoms. The van der Waals surface area contributed by atoms with E-state index in [0.29, 0.717) is 22.7 Å². The van der Waals surface area contributed by atoms with Crippen molar-refractivity contribution in [2.75, 3.05) is 12.0 Å². The molecule has 4 rings (SSSR count). The third-order valence-electron chi connectivity index (χ3n) is 5.08. The minimum absolute atomic E-state index is 0.0164. The second kappa shape index (κ2) is 7.83. The molecular formula is C24H20N2O4. The highest BCUT2D eigenvalue weighted by Gasteiger charge is 2.47. The van der Waals surface area contributed by atoms with Gasteiger partial charge >= 0.3 is 5.91 Å². The van der Waals surface area contributed by atoms with Crippen LogP contribution in [-0.2, 0) is 9.59 Å². The summed E-state index contributed by atoms with van der Waals surface area (Å²) in [6, 6.07) is 18.6. The number of amides is 1. The lowest BCUT2D eigenvalue weighted by Gasteiger charge is -2.24. The Morgan fingerprint density at radius 3 is 2.47 bits per heavy atom. The maximum absolute atomic E-state index is 13.0. The number of ether oxygens (including phenoxy) is 1. The van der Waals surface area contributed by atoms with Gasteiger partial charge < -0.3 is 9.84 Å². The third-order valence-corrected chi connectivity index (χ3v) is 5.08. The Balaban J connectivity index is 1.94. The fourth-order valence-electron chi connectivity index (χ4n) is 3.56. The van der Waals surface area contributed by atoms with Crippen molar-refractivity contribution in [2.24, 2.45) is 0 Å². The highest BCUT2D eigenvalue weighted by atomic mass is 16.5. The molecule has 1 fully saturated rings. The Hall–Kier alpha value is -3.93. The van der Waals surface area contributed by atoms with Gasteiger partial charge in [-0.05, 0) is 36.8 Å². The van der Waals surface area contributed by atoms with E-state index < -0.39 is 17.7 Å². The van der Waals surface area contributed by atoms with Crippen molar-refractivity contribution in [3.8, 4) is 5.75 Å². The summed E-state index contributed by atoms with van der Waals surface area (Å²) >= 11 is 0. The van der Waals surface area contributed by atoms with Gasteiger partial charge in [-0.1, -0.05) is 48.0 Å². The molecule has 1 aliphatic heterocycles. The lowest BCUT2D eigenvalue weighted by atomic mass is 9.94. The summed E-state index contributed by atoms with van der Waals surface area (Å²) in [7, 11) is 1.52. The Labute approximate surface area is 174 Å². The molecule has 3 aromatic rings. The van der Waals surface area contributed by atoms with E-state index in [1.54, 1.807) is 48.7 Å². The molecule has 0 saturated carbocycles. The number of carbonyl (C=O) groups excluding carboxylic acids is 2. The summed E-state index contributed by atoms with van der Waals surface area (Å²) in [5.41, 5.74) is 2.16. The van der Waals surface area contributed by atoms with E-state index in [4.69, 9.17) is 4.74 Å². The van der Waals surface area contributed by atoms with Gasteiger partial charge in [0.1, 0.15) is 17.3 Å². The molecule has 150 valence electrons. The Bertz CT molecular complexity index is 1140. The van der Waals surface area contributed by atoms with Crippen LogP contribution in [0.25, 0.3) is 5.76 Å². The maximum Gasteiger partial charge on any atom is 0.301 e. The van der Waals surface area contributed by atoms with Crippen molar-refractivity contribution >= 4 is 23.3 Å². The molecule has 30 heavy (non-hydrogen) atoms. The van der Waals surface area contributed by atoms with Gasteiger partial charge in [0.05, 0.1) is 18.7 Å². The SMILES string of the molecule is COc1cccc(C(O)=C2C(=O)C(=O)N(c3ccccn3)C2c2ccc(C)cc2)c1. The summed E-state index contributed by atoms with van der Waals surface area (Å²) in [6.45, 7) is 1.95. The quantitative estimate of drug-likeness (QED) is 0.406. The maximum atomic E-state index is 13.0. The van der Waals surface area contributed by atoms with E-state index in [1.807, 2.05) is 31.2 Å². The number of hydrogen-bond donors (Lipinski definition) is 1. The molecule has 0 aliphatic carbocycles. The zero-order chi connectivity index (χ0) is 21.3. The van der Waals surface area contributed by atoms with Gasteiger partial charge in [-0.3, -0.25) is 14.5 Å². The number of rotatable bonds is 4. The number of methoxy groups -OCH3 is 1. The Kier molecular flexibility index (Phi) is 5.06. The number of aliphatic hydroxyl groups excluding tert-OH is 1. The van der Waals surface area contributed by atoms with Crippen LogP contribution in [0.5, 0.6) is 5.75 Å². The number of nitrogens with zero attached hydrogens (tertiary/aromatic N) is 2. The van der Waals surface area contributed by atoms with Gasteiger partial charge in [0.15, 0.2) is 0 Å². The van der Waals surface area contributed by atoms with Gasteiger partial charge in [0.25, 0.3) is 5.78 Å². The summed E-state index contributed by atoms with van der Waals surface area (Å²) in [5, 5.41) is 11.1. The fraction of sp³-hybridized carbons (Fsp3) is 0.125. The monoisotopic (exact) mass is 400 g/mol. The van der Waals surface area contributed by atoms with Crippen LogP contribution >= 0.6 is 0 Å². The third kappa shape index (κ3) is 3.33. The number of benzene rings is 2. The van der Waals surface area contributed by atoms with Crippen molar-refractivity contribution in [3.63, 3.8) is 0 Å². The largest absolute Gasteiger partial charge is 0.507 e. The zero-order valence-corrected chi connectivity index (χ0v) is 16.6. The van der Waals surface area contributed by atoms with Crippen LogP contribution < -0.4 is 9.64 Å². The molecule has 1 aliphatic rings. The average Bonchev–Trinajstić information content (AvgIpc) is 3.05. The summed E-state index contributed by atoms with van der Waals surface area (Å²) in [4.78, 5) is 31.6. The van der Waals surface area contributed by atoms with Crippen LogP contribution in [0.4, 0.5) is 5.82 Å². The minimum atomic E-state index is -0.799. The number of ketones is 1. The lowest BCUT2D eigenvalue weighted by molar-refractivity contribution is -0.132. The van der Waals surface area contributed by atoms with Gasteiger partial charge in [-0.2, -0.15) is 0 Å². The number of pyridine rings is 1. The topological polar surface area (TPSA) is 79.7 Å². The van der Waals surface area contributed by atoms with Gasteiger partial charge in [-0.15, -0.1) is 0 Å². The van der Waals surface area contributed by atoms with Crippen LogP contribution in [0.3, 0.4) is 0 Å². The Morgan fingerprint density at radius 2 is 1.80 bits per heavy atom. The van der Waals surface area contributed by atoms with E-state index in [2.05, 4.69) is 4.98 Å². The van der Waals surface area contributed by atoms with Gasteiger partial charge in [0.2, 0.25) is 0 Å². The fourth-order valence-corrected chi connectivity index (χ4v) is 3.56. The second-order valence-corrected chi connectivity index (χ2v) is 7.00. The first-order valence-electron chi connectivity index (χ1n) is 9.44. The van der Waals surface area contributed by atoms with Crippen molar-refractivity contribution in [3.05, 3.63) is 95.2 Å². The van der Waals surface area contributed by atoms with E-state index >= 15 is 0 Å². The van der Waals surface area contributed by atoms with Crippen molar-refractivity contribution in [1.82, 2.24) is 4.98 Å². The molecule has 0 spiro atoms. The number of carbonyl (C=O) groups is 2. The average molecular weight is 400 g/mol.